The van der Waals surface area contributed by atoms with Gasteiger partial charge in [-0.3, -0.25) is 10.1 Å². The van der Waals surface area contributed by atoms with Crippen LogP contribution in [-0.4, -0.2) is 28.8 Å². The van der Waals surface area contributed by atoms with Crippen LogP contribution in [0.5, 0.6) is 5.75 Å². The second-order valence-electron chi connectivity index (χ2n) is 5.65. The number of nitro groups is 1. The molecule has 1 aromatic carbocycles. The Labute approximate surface area is 125 Å². The van der Waals surface area contributed by atoms with E-state index in [1.807, 2.05) is 0 Å². The summed E-state index contributed by atoms with van der Waals surface area (Å²) in [5, 5.41) is 23.8. The average molecular weight is 296 g/mol. The SMILES string of the molecule is CC(C)CNCc1ccc([N+](=O)[O-])c(OC(C)C(C)O)c1. The Morgan fingerprint density at radius 2 is 2.00 bits per heavy atom. The molecule has 0 radical (unpaired) electrons. The number of ether oxygens (including phenoxy) is 1. The maximum absolute atomic E-state index is 11.0. The third-order valence-electron chi connectivity index (χ3n) is 3.09. The third kappa shape index (κ3) is 5.69. The Kier molecular flexibility index (Phi) is 6.58. The molecule has 2 atom stereocenters. The van der Waals surface area contributed by atoms with Gasteiger partial charge in [0, 0.05) is 12.6 Å². The molecule has 0 fully saturated rings. The summed E-state index contributed by atoms with van der Waals surface area (Å²) in [6, 6.07) is 4.81. The maximum atomic E-state index is 11.0. The van der Waals surface area contributed by atoms with Crippen molar-refractivity contribution in [3.05, 3.63) is 33.9 Å². The van der Waals surface area contributed by atoms with Crippen LogP contribution < -0.4 is 10.1 Å². The lowest BCUT2D eigenvalue weighted by atomic mass is 10.1. The topological polar surface area (TPSA) is 84.6 Å². The Bertz CT molecular complexity index is 475. The van der Waals surface area contributed by atoms with Crippen molar-refractivity contribution in [2.45, 2.75) is 46.4 Å². The molecular weight excluding hydrogens is 272 g/mol. The molecule has 0 aliphatic heterocycles. The summed E-state index contributed by atoms with van der Waals surface area (Å²) in [6.45, 7) is 8.98. The second kappa shape index (κ2) is 7.95. The molecule has 118 valence electrons. The molecule has 0 heterocycles. The largest absolute Gasteiger partial charge is 0.481 e. The highest BCUT2D eigenvalue weighted by Gasteiger charge is 2.19. The summed E-state index contributed by atoms with van der Waals surface area (Å²) in [5.41, 5.74) is 0.823. The molecule has 0 aliphatic rings. The Morgan fingerprint density at radius 1 is 1.33 bits per heavy atom. The molecule has 6 nitrogen and oxygen atoms in total. The van der Waals surface area contributed by atoms with Crippen LogP contribution in [0.25, 0.3) is 0 Å². The van der Waals surface area contributed by atoms with Gasteiger partial charge in [-0.2, -0.15) is 0 Å². The van der Waals surface area contributed by atoms with Crippen molar-refractivity contribution < 1.29 is 14.8 Å². The predicted octanol–water partition coefficient (Wildman–Crippen LogP) is 2.49. The lowest BCUT2D eigenvalue weighted by Gasteiger charge is -2.17. The minimum absolute atomic E-state index is 0.0879. The van der Waals surface area contributed by atoms with Gasteiger partial charge in [0.15, 0.2) is 5.75 Å². The number of benzene rings is 1. The number of hydrogen-bond acceptors (Lipinski definition) is 5. The van der Waals surface area contributed by atoms with Gasteiger partial charge in [0.05, 0.1) is 11.0 Å². The van der Waals surface area contributed by atoms with E-state index in [0.29, 0.717) is 12.5 Å². The molecule has 0 aromatic heterocycles. The van der Waals surface area contributed by atoms with E-state index in [2.05, 4.69) is 19.2 Å². The summed E-state index contributed by atoms with van der Waals surface area (Å²) in [7, 11) is 0. The minimum Gasteiger partial charge on any atom is -0.481 e. The van der Waals surface area contributed by atoms with Crippen molar-refractivity contribution in [3.63, 3.8) is 0 Å². The lowest BCUT2D eigenvalue weighted by Crippen LogP contribution is -2.26. The van der Waals surface area contributed by atoms with Crippen LogP contribution in [0, 0.1) is 16.0 Å². The van der Waals surface area contributed by atoms with Crippen molar-refractivity contribution >= 4 is 5.69 Å². The van der Waals surface area contributed by atoms with Gasteiger partial charge >= 0.3 is 5.69 Å². The molecule has 1 rings (SSSR count). The number of nitrogens with zero attached hydrogens (tertiary/aromatic N) is 1. The number of nitro benzene ring substituents is 1. The van der Waals surface area contributed by atoms with Crippen molar-refractivity contribution in [3.8, 4) is 5.75 Å². The monoisotopic (exact) mass is 296 g/mol. The van der Waals surface area contributed by atoms with Crippen LogP contribution in [0.1, 0.15) is 33.3 Å². The first-order valence-electron chi connectivity index (χ1n) is 7.14. The fourth-order valence-corrected chi connectivity index (χ4v) is 1.72. The molecule has 2 unspecified atom stereocenters. The van der Waals surface area contributed by atoms with E-state index >= 15 is 0 Å². The zero-order valence-corrected chi connectivity index (χ0v) is 13.0. The molecule has 0 saturated heterocycles. The molecule has 1 aromatic rings. The smallest absolute Gasteiger partial charge is 0.310 e. The van der Waals surface area contributed by atoms with Gasteiger partial charge in [0.1, 0.15) is 6.10 Å². The van der Waals surface area contributed by atoms with Gasteiger partial charge in [-0.1, -0.05) is 19.9 Å². The van der Waals surface area contributed by atoms with Crippen molar-refractivity contribution in [2.75, 3.05) is 6.54 Å². The van der Waals surface area contributed by atoms with E-state index < -0.39 is 17.1 Å². The average Bonchev–Trinajstić information content (AvgIpc) is 2.38. The fraction of sp³-hybridized carbons (Fsp3) is 0.600. The quantitative estimate of drug-likeness (QED) is 0.568. The van der Waals surface area contributed by atoms with E-state index in [-0.39, 0.29) is 11.4 Å². The normalized spacial score (nSPS) is 14.0. The Balaban J connectivity index is 2.87. The molecule has 0 spiro atoms. The molecule has 6 heteroatoms. The lowest BCUT2D eigenvalue weighted by molar-refractivity contribution is -0.386. The maximum Gasteiger partial charge on any atom is 0.310 e. The van der Waals surface area contributed by atoms with E-state index in [1.54, 1.807) is 26.0 Å². The van der Waals surface area contributed by atoms with Gasteiger partial charge in [-0.25, -0.2) is 0 Å². The summed E-state index contributed by atoms with van der Waals surface area (Å²) >= 11 is 0. The molecule has 0 saturated carbocycles. The van der Waals surface area contributed by atoms with Gasteiger partial charge in [-0.15, -0.1) is 0 Å². The van der Waals surface area contributed by atoms with Crippen LogP contribution >= 0.6 is 0 Å². The predicted molar refractivity (Wildman–Crippen MR) is 81.4 cm³/mol. The first-order valence-corrected chi connectivity index (χ1v) is 7.14. The summed E-state index contributed by atoms with van der Waals surface area (Å²) < 4.78 is 5.52. The van der Waals surface area contributed by atoms with Crippen molar-refractivity contribution in [2.24, 2.45) is 5.92 Å². The second-order valence-corrected chi connectivity index (χ2v) is 5.65. The van der Waals surface area contributed by atoms with Gasteiger partial charge < -0.3 is 15.2 Å². The molecular formula is C15H24N2O4. The number of nitrogens with one attached hydrogen (secondary N) is 1. The fourth-order valence-electron chi connectivity index (χ4n) is 1.72. The Morgan fingerprint density at radius 3 is 2.52 bits per heavy atom. The first kappa shape index (κ1) is 17.4. The zero-order valence-electron chi connectivity index (χ0n) is 13.0. The van der Waals surface area contributed by atoms with Crippen LogP contribution in [-0.2, 0) is 6.54 Å². The molecule has 0 aliphatic carbocycles. The standard InChI is InChI=1S/C15H24N2O4/c1-10(2)8-16-9-13-5-6-14(17(19)20)15(7-13)21-12(4)11(3)18/h5-7,10-12,16,18H,8-9H2,1-4H3. The van der Waals surface area contributed by atoms with Gasteiger partial charge in [0.2, 0.25) is 0 Å². The highest BCUT2D eigenvalue weighted by Crippen LogP contribution is 2.29. The minimum atomic E-state index is -0.702. The zero-order chi connectivity index (χ0) is 16.0. The highest BCUT2D eigenvalue weighted by atomic mass is 16.6. The first-order chi connectivity index (χ1) is 9.81. The molecule has 0 bridgehead atoms. The number of rotatable bonds is 8. The van der Waals surface area contributed by atoms with Crippen LogP contribution in [0.4, 0.5) is 5.69 Å². The summed E-state index contributed by atoms with van der Waals surface area (Å²) in [4.78, 5) is 10.6. The van der Waals surface area contributed by atoms with E-state index in [0.717, 1.165) is 12.1 Å². The molecule has 21 heavy (non-hydrogen) atoms. The van der Waals surface area contributed by atoms with E-state index in [4.69, 9.17) is 4.74 Å². The summed E-state index contributed by atoms with van der Waals surface area (Å²) in [6.07, 6.45) is -1.21. The van der Waals surface area contributed by atoms with Crippen LogP contribution in [0.3, 0.4) is 0 Å². The van der Waals surface area contributed by atoms with E-state index in [9.17, 15) is 15.2 Å². The molecule has 2 N–H and O–H groups in total. The van der Waals surface area contributed by atoms with Crippen LogP contribution in [0.15, 0.2) is 18.2 Å². The van der Waals surface area contributed by atoms with Gasteiger partial charge in [0.25, 0.3) is 0 Å². The third-order valence-corrected chi connectivity index (χ3v) is 3.09. The Hall–Kier alpha value is -1.66. The number of aliphatic hydroxyl groups excluding tert-OH is 1. The highest BCUT2D eigenvalue weighted by molar-refractivity contribution is 5.48. The van der Waals surface area contributed by atoms with Gasteiger partial charge in [-0.05, 0) is 37.9 Å². The molecule has 0 amide bonds. The van der Waals surface area contributed by atoms with Crippen LogP contribution in [0.2, 0.25) is 0 Å². The van der Waals surface area contributed by atoms with Crippen molar-refractivity contribution in [1.29, 1.82) is 0 Å². The summed E-state index contributed by atoms with van der Waals surface area (Å²) in [5.74, 6) is 0.728. The van der Waals surface area contributed by atoms with Crippen molar-refractivity contribution in [1.82, 2.24) is 5.32 Å². The number of hydrogen-bond donors (Lipinski definition) is 2. The van der Waals surface area contributed by atoms with E-state index in [1.165, 1.54) is 6.07 Å². The number of aliphatic hydroxyl groups is 1.